The number of ether oxygens (including phenoxy) is 3. The summed E-state index contributed by atoms with van der Waals surface area (Å²) >= 11 is 0. The third-order valence-electron chi connectivity index (χ3n) is 9.25. The second-order valence-electron chi connectivity index (χ2n) is 14.3. The molecule has 11 heteroatoms. The molecule has 0 fully saturated rings. The summed E-state index contributed by atoms with van der Waals surface area (Å²) in [7, 11) is 1.54. The predicted octanol–water partition coefficient (Wildman–Crippen LogP) is 7.57. The Morgan fingerprint density at radius 2 is 1.47 bits per heavy atom. The monoisotopic (exact) mass is 635 g/mol. The lowest BCUT2D eigenvalue weighted by Gasteiger charge is -2.42. The first-order chi connectivity index (χ1) is 22.3. The highest BCUT2D eigenvalue weighted by Crippen LogP contribution is 2.54. The molecule has 0 saturated carbocycles. The van der Waals surface area contributed by atoms with Gasteiger partial charge in [-0.1, -0.05) is 45.9 Å². The molecule has 1 N–H and O–H groups in total. The molecular weight excluding hydrogens is 598 g/mol. The van der Waals surface area contributed by atoms with Crippen molar-refractivity contribution in [3.63, 3.8) is 0 Å². The van der Waals surface area contributed by atoms with Gasteiger partial charge in [-0.05, 0) is 69.9 Å². The van der Waals surface area contributed by atoms with E-state index in [1.807, 2.05) is 44.2 Å². The standard InChI is InChI=1S/C36H37N5O6/c1-18-9-8-10-21(19(18)2)37-33-34(39-32-31(38-33)40-47-41-32)46-24-12-11-20(13-25(24)44-7)28-29-22(42)14-35(3,4)16-26(29)45-27-17-36(5,6)15-23(43)30(27)28/h8-13,28H,14-17H2,1-7H3,(H,37,38,40). The van der Waals surface area contributed by atoms with Gasteiger partial charge < -0.3 is 19.5 Å². The second-order valence-corrected chi connectivity index (χ2v) is 14.3. The molecule has 2 aliphatic carbocycles. The molecule has 0 spiro atoms. The predicted molar refractivity (Wildman–Crippen MR) is 174 cm³/mol. The molecule has 2 aromatic heterocycles. The van der Waals surface area contributed by atoms with Gasteiger partial charge in [-0.3, -0.25) is 9.59 Å². The Bertz CT molecular complexity index is 1990. The fraction of sp³-hybridized carbons (Fsp3) is 0.389. The summed E-state index contributed by atoms with van der Waals surface area (Å²) in [5.74, 6) is 1.94. The zero-order valence-corrected chi connectivity index (χ0v) is 27.6. The molecule has 4 aromatic rings. The van der Waals surface area contributed by atoms with E-state index in [4.69, 9.17) is 18.8 Å². The Morgan fingerprint density at radius 1 is 0.830 bits per heavy atom. The Morgan fingerprint density at radius 3 is 2.11 bits per heavy atom. The van der Waals surface area contributed by atoms with Crippen LogP contribution in [-0.2, 0) is 14.3 Å². The topological polar surface area (TPSA) is 139 Å². The maximum atomic E-state index is 13.7. The molecule has 3 heterocycles. The molecule has 2 aromatic carbocycles. The minimum absolute atomic E-state index is 0.00307. The van der Waals surface area contributed by atoms with Crippen molar-refractivity contribution in [2.45, 2.75) is 73.1 Å². The Balaban J connectivity index is 1.30. The van der Waals surface area contributed by atoms with Crippen molar-refractivity contribution in [3.8, 4) is 17.4 Å². The highest BCUT2D eigenvalue weighted by atomic mass is 16.6. The van der Waals surface area contributed by atoms with E-state index in [1.165, 1.54) is 0 Å². The van der Waals surface area contributed by atoms with E-state index in [0.717, 1.165) is 22.4 Å². The van der Waals surface area contributed by atoms with Gasteiger partial charge in [-0.15, -0.1) is 0 Å². The summed E-state index contributed by atoms with van der Waals surface area (Å²) in [6.45, 7) is 12.3. The van der Waals surface area contributed by atoms with Crippen LogP contribution in [0, 0.1) is 24.7 Å². The summed E-state index contributed by atoms with van der Waals surface area (Å²) in [6, 6.07) is 11.4. The van der Waals surface area contributed by atoms with Crippen molar-refractivity contribution < 1.29 is 28.4 Å². The number of fused-ring (bicyclic) bond motifs is 1. The molecule has 0 radical (unpaired) electrons. The third-order valence-corrected chi connectivity index (χ3v) is 9.25. The number of Topliss-reactive ketones (excluding diaryl/α,β-unsaturated/α-hetero) is 2. The van der Waals surface area contributed by atoms with E-state index in [9.17, 15) is 9.59 Å². The molecule has 3 aliphatic rings. The molecule has 242 valence electrons. The molecule has 11 nitrogen and oxygen atoms in total. The average Bonchev–Trinajstić information content (AvgIpc) is 3.44. The fourth-order valence-corrected chi connectivity index (χ4v) is 6.85. The first-order valence-corrected chi connectivity index (χ1v) is 15.7. The zero-order chi connectivity index (χ0) is 33.2. The number of hydrogen-bond acceptors (Lipinski definition) is 11. The molecule has 0 unspecified atom stereocenters. The molecule has 47 heavy (non-hydrogen) atoms. The quantitative estimate of drug-likeness (QED) is 0.224. The van der Waals surface area contributed by atoms with Gasteiger partial charge in [-0.25, -0.2) is 4.63 Å². The minimum atomic E-state index is -0.567. The number of allylic oxidation sites excluding steroid dienone is 4. The molecule has 1 aliphatic heterocycles. The maximum Gasteiger partial charge on any atom is 0.265 e. The van der Waals surface area contributed by atoms with Crippen LogP contribution in [0.3, 0.4) is 0 Å². The van der Waals surface area contributed by atoms with Gasteiger partial charge in [0.1, 0.15) is 11.5 Å². The van der Waals surface area contributed by atoms with Gasteiger partial charge in [-0.2, -0.15) is 9.97 Å². The van der Waals surface area contributed by atoms with E-state index in [1.54, 1.807) is 13.2 Å². The highest BCUT2D eigenvalue weighted by Gasteiger charge is 2.48. The van der Waals surface area contributed by atoms with Gasteiger partial charge in [0.2, 0.25) is 11.3 Å². The number of ketones is 2. The van der Waals surface area contributed by atoms with Gasteiger partial charge in [0.05, 0.1) is 7.11 Å². The number of aromatic nitrogens is 4. The number of aryl methyl sites for hydroxylation is 1. The second kappa shape index (κ2) is 11.0. The average molecular weight is 636 g/mol. The van der Waals surface area contributed by atoms with E-state index in [-0.39, 0.29) is 39.6 Å². The van der Waals surface area contributed by atoms with E-state index in [0.29, 0.717) is 65.7 Å². The smallest absolute Gasteiger partial charge is 0.265 e. The number of carbonyl (C=O) groups excluding carboxylic acids is 2. The lowest BCUT2D eigenvalue weighted by Crippen LogP contribution is -2.37. The largest absolute Gasteiger partial charge is 0.493 e. The van der Waals surface area contributed by atoms with Crippen LogP contribution in [0.25, 0.3) is 11.3 Å². The first kappa shape index (κ1) is 30.6. The summed E-state index contributed by atoms with van der Waals surface area (Å²) in [6.07, 6.45) is 1.98. The SMILES string of the molecule is COc1cc(C2C3=C(CC(C)(C)CC3=O)OC3=C2C(=O)CC(C)(C)C3)ccc1Oc1nc2nonc2nc1Nc1cccc(C)c1C. The van der Waals surface area contributed by atoms with Crippen LogP contribution in [-0.4, -0.2) is 39.0 Å². The number of anilines is 2. The summed E-state index contributed by atoms with van der Waals surface area (Å²) < 4.78 is 23.5. The van der Waals surface area contributed by atoms with Crippen molar-refractivity contribution in [2.75, 3.05) is 12.4 Å². The summed E-state index contributed by atoms with van der Waals surface area (Å²) in [4.78, 5) is 36.6. The molecular formula is C36H37N5O6. The number of benzene rings is 2. The fourth-order valence-electron chi connectivity index (χ4n) is 6.85. The summed E-state index contributed by atoms with van der Waals surface area (Å²) in [5, 5.41) is 11.0. The van der Waals surface area contributed by atoms with Crippen molar-refractivity contribution in [1.82, 2.24) is 20.3 Å². The lowest BCUT2D eigenvalue weighted by molar-refractivity contribution is -0.120. The number of carbonyl (C=O) groups is 2. The van der Waals surface area contributed by atoms with Gasteiger partial charge in [0.25, 0.3) is 5.88 Å². The van der Waals surface area contributed by atoms with E-state index >= 15 is 0 Å². The van der Waals surface area contributed by atoms with Crippen molar-refractivity contribution >= 4 is 34.4 Å². The minimum Gasteiger partial charge on any atom is -0.493 e. The highest BCUT2D eigenvalue weighted by molar-refractivity contribution is 6.06. The third kappa shape index (κ3) is 5.53. The lowest BCUT2D eigenvalue weighted by atomic mass is 9.65. The van der Waals surface area contributed by atoms with Crippen LogP contribution >= 0.6 is 0 Å². The maximum absolute atomic E-state index is 13.7. The number of nitrogens with zero attached hydrogens (tertiary/aromatic N) is 4. The molecule has 0 saturated heterocycles. The van der Waals surface area contributed by atoms with Crippen LogP contribution < -0.4 is 14.8 Å². The molecule has 0 amide bonds. The molecule has 0 atom stereocenters. The van der Waals surface area contributed by atoms with Crippen LogP contribution in [0.1, 0.15) is 76.0 Å². The molecule has 7 rings (SSSR count). The van der Waals surface area contributed by atoms with Crippen molar-refractivity contribution in [3.05, 3.63) is 75.8 Å². The van der Waals surface area contributed by atoms with Crippen LogP contribution in [0.5, 0.6) is 17.4 Å². The summed E-state index contributed by atoms with van der Waals surface area (Å²) in [5.41, 5.74) is 4.76. The zero-order valence-electron chi connectivity index (χ0n) is 27.6. The number of hydrogen-bond donors (Lipinski definition) is 1. The van der Waals surface area contributed by atoms with Gasteiger partial charge in [0, 0.05) is 48.4 Å². The first-order valence-electron chi connectivity index (χ1n) is 15.7. The number of rotatable bonds is 6. The van der Waals surface area contributed by atoms with Crippen molar-refractivity contribution in [1.29, 1.82) is 0 Å². The Hall–Kier alpha value is -5.06. The van der Waals surface area contributed by atoms with Crippen LogP contribution in [0.4, 0.5) is 11.5 Å². The Labute approximate surface area is 272 Å². The molecule has 0 bridgehead atoms. The van der Waals surface area contributed by atoms with Crippen LogP contribution in [0.2, 0.25) is 0 Å². The number of nitrogens with one attached hydrogen (secondary N) is 1. The van der Waals surface area contributed by atoms with E-state index < -0.39 is 5.92 Å². The van der Waals surface area contributed by atoms with E-state index in [2.05, 4.69) is 53.3 Å². The van der Waals surface area contributed by atoms with Crippen molar-refractivity contribution in [2.24, 2.45) is 10.8 Å². The number of methoxy groups -OCH3 is 1. The normalized spacial score (nSPS) is 19.0. The van der Waals surface area contributed by atoms with Crippen LogP contribution in [0.15, 0.2) is 63.7 Å². The van der Waals surface area contributed by atoms with Gasteiger partial charge in [0.15, 0.2) is 28.9 Å². The van der Waals surface area contributed by atoms with Gasteiger partial charge >= 0.3 is 0 Å². The Kier molecular flexibility index (Phi) is 7.18.